The maximum Gasteiger partial charge on any atom is 0.239 e. The lowest BCUT2D eigenvalue weighted by atomic mass is 9.94. The van der Waals surface area contributed by atoms with Gasteiger partial charge in [0.15, 0.2) is 0 Å². The summed E-state index contributed by atoms with van der Waals surface area (Å²) in [6.45, 7) is 9.46. The maximum atomic E-state index is 12.2. The van der Waals surface area contributed by atoms with E-state index in [1.807, 2.05) is 13.8 Å². The number of hydrogen-bond acceptors (Lipinski definition) is 4. The summed E-state index contributed by atoms with van der Waals surface area (Å²) in [5.41, 5.74) is 0. The first kappa shape index (κ1) is 15.7. The van der Waals surface area contributed by atoms with Crippen molar-refractivity contribution in [3.05, 3.63) is 0 Å². The number of piperidine rings is 1. The second kappa shape index (κ2) is 7.96. The molecule has 0 aromatic heterocycles. The van der Waals surface area contributed by atoms with Gasteiger partial charge in [0.2, 0.25) is 5.91 Å². The number of carbonyl (C=O) groups excluding carboxylic acids is 1. The Kier molecular flexibility index (Phi) is 6.26. The van der Waals surface area contributed by atoms with E-state index in [1.54, 1.807) is 0 Å². The molecule has 116 valence electrons. The van der Waals surface area contributed by atoms with Crippen LogP contribution in [0.1, 0.15) is 33.1 Å². The first-order chi connectivity index (χ1) is 9.66. The summed E-state index contributed by atoms with van der Waals surface area (Å²) in [6.07, 6.45) is 3.74. The highest BCUT2D eigenvalue weighted by Gasteiger charge is 2.29. The minimum atomic E-state index is -0.104. The Morgan fingerprint density at radius 3 is 2.85 bits per heavy atom. The molecule has 0 radical (unpaired) electrons. The summed E-state index contributed by atoms with van der Waals surface area (Å²) in [4.78, 5) is 14.5. The molecule has 2 aliphatic rings. The summed E-state index contributed by atoms with van der Waals surface area (Å²) >= 11 is 0. The number of nitrogens with zero attached hydrogens (tertiary/aromatic N) is 1. The minimum Gasteiger partial charge on any atom is -0.378 e. The predicted octanol–water partition coefficient (Wildman–Crippen LogP) is 0.602. The Hall–Kier alpha value is -0.650. The van der Waals surface area contributed by atoms with Gasteiger partial charge in [-0.05, 0) is 58.7 Å². The standard InChI is InChI=1S/C15H29N3O2/c1-12(2)17-15(19)14-11-20-10-9-18(14)8-5-13-3-6-16-7-4-13/h12-14,16H,3-11H2,1-2H3,(H,17,19). The molecule has 0 saturated carbocycles. The molecule has 2 aliphatic heterocycles. The van der Waals surface area contributed by atoms with Crippen molar-refractivity contribution in [3.8, 4) is 0 Å². The number of rotatable bonds is 5. The van der Waals surface area contributed by atoms with Gasteiger partial charge in [-0.3, -0.25) is 9.69 Å². The van der Waals surface area contributed by atoms with E-state index in [0.717, 1.165) is 38.7 Å². The molecule has 0 aromatic rings. The Labute approximate surface area is 122 Å². The first-order valence-electron chi connectivity index (χ1n) is 7.99. The van der Waals surface area contributed by atoms with E-state index in [1.165, 1.54) is 19.3 Å². The van der Waals surface area contributed by atoms with Crippen LogP contribution in [0.4, 0.5) is 0 Å². The second-order valence-electron chi connectivity index (χ2n) is 6.27. The van der Waals surface area contributed by atoms with Gasteiger partial charge < -0.3 is 15.4 Å². The smallest absolute Gasteiger partial charge is 0.239 e. The molecule has 1 amide bonds. The molecular weight excluding hydrogens is 254 g/mol. The molecule has 1 atom stereocenters. The average molecular weight is 283 g/mol. The van der Waals surface area contributed by atoms with Crippen molar-refractivity contribution < 1.29 is 9.53 Å². The Morgan fingerprint density at radius 1 is 1.40 bits per heavy atom. The van der Waals surface area contributed by atoms with Crippen molar-refractivity contribution in [2.24, 2.45) is 5.92 Å². The summed E-state index contributed by atoms with van der Waals surface area (Å²) in [7, 11) is 0. The molecule has 5 heteroatoms. The molecule has 2 heterocycles. The molecule has 0 spiro atoms. The largest absolute Gasteiger partial charge is 0.378 e. The van der Waals surface area contributed by atoms with E-state index in [9.17, 15) is 4.79 Å². The molecule has 2 rings (SSSR count). The van der Waals surface area contributed by atoms with Crippen LogP contribution in [-0.2, 0) is 9.53 Å². The third kappa shape index (κ3) is 4.72. The molecular formula is C15H29N3O2. The third-order valence-corrected chi connectivity index (χ3v) is 4.26. The van der Waals surface area contributed by atoms with Gasteiger partial charge in [0, 0.05) is 12.6 Å². The van der Waals surface area contributed by atoms with Gasteiger partial charge in [-0.2, -0.15) is 0 Å². The van der Waals surface area contributed by atoms with Crippen molar-refractivity contribution in [2.75, 3.05) is 39.4 Å². The summed E-state index contributed by atoms with van der Waals surface area (Å²) in [6, 6.07) is 0.0866. The SMILES string of the molecule is CC(C)NC(=O)C1COCCN1CCC1CCNCC1. The van der Waals surface area contributed by atoms with Crippen LogP contribution in [-0.4, -0.2) is 62.3 Å². The van der Waals surface area contributed by atoms with Crippen LogP contribution in [0.3, 0.4) is 0 Å². The van der Waals surface area contributed by atoms with Crippen LogP contribution in [0, 0.1) is 5.92 Å². The number of ether oxygens (including phenoxy) is 1. The van der Waals surface area contributed by atoms with Crippen molar-refractivity contribution in [2.45, 2.75) is 45.2 Å². The molecule has 0 bridgehead atoms. The lowest BCUT2D eigenvalue weighted by Gasteiger charge is -2.36. The van der Waals surface area contributed by atoms with Crippen LogP contribution in [0.5, 0.6) is 0 Å². The quantitative estimate of drug-likeness (QED) is 0.776. The van der Waals surface area contributed by atoms with Crippen molar-refractivity contribution in [1.29, 1.82) is 0 Å². The van der Waals surface area contributed by atoms with Crippen molar-refractivity contribution >= 4 is 5.91 Å². The molecule has 0 aromatic carbocycles. The fraction of sp³-hybridized carbons (Fsp3) is 0.933. The monoisotopic (exact) mass is 283 g/mol. The maximum absolute atomic E-state index is 12.2. The van der Waals surface area contributed by atoms with Gasteiger partial charge in [0.1, 0.15) is 6.04 Å². The van der Waals surface area contributed by atoms with Crippen LogP contribution >= 0.6 is 0 Å². The fourth-order valence-corrected chi connectivity index (χ4v) is 3.05. The van der Waals surface area contributed by atoms with Crippen molar-refractivity contribution in [1.82, 2.24) is 15.5 Å². The van der Waals surface area contributed by atoms with E-state index >= 15 is 0 Å². The van der Waals surface area contributed by atoms with Gasteiger partial charge >= 0.3 is 0 Å². The molecule has 1 unspecified atom stereocenters. The Morgan fingerprint density at radius 2 is 2.15 bits per heavy atom. The highest BCUT2D eigenvalue weighted by atomic mass is 16.5. The van der Waals surface area contributed by atoms with E-state index in [0.29, 0.717) is 6.61 Å². The Bertz CT molecular complexity index is 303. The molecule has 2 fully saturated rings. The normalized spacial score (nSPS) is 25.9. The number of carbonyl (C=O) groups is 1. The van der Waals surface area contributed by atoms with E-state index < -0.39 is 0 Å². The molecule has 2 N–H and O–H groups in total. The van der Waals surface area contributed by atoms with E-state index in [-0.39, 0.29) is 18.0 Å². The van der Waals surface area contributed by atoms with Gasteiger partial charge in [-0.15, -0.1) is 0 Å². The fourth-order valence-electron chi connectivity index (χ4n) is 3.05. The van der Waals surface area contributed by atoms with Crippen LogP contribution in [0.25, 0.3) is 0 Å². The van der Waals surface area contributed by atoms with Crippen molar-refractivity contribution in [3.63, 3.8) is 0 Å². The molecule has 2 saturated heterocycles. The highest BCUT2D eigenvalue weighted by Crippen LogP contribution is 2.18. The number of amides is 1. The van der Waals surface area contributed by atoms with Gasteiger partial charge in [-0.1, -0.05) is 0 Å². The Balaban J connectivity index is 1.81. The molecule has 20 heavy (non-hydrogen) atoms. The number of nitrogens with one attached hydrogen (secondary N) is 2. The summed E-state index contributed by atoms with van der Waals surface area (Å²) in [5, 5.41) is 6.41. The zero-order chi connectivity index (χ0) is 14.4. The lowest BCUT2D eigenvalue weighted by Crippen LogP contribution is -2.55. The third-order valence-electron chi connectivity index (χ3n) is 4.26. The van der Waals surface area contributed by atoms with Crippen LogP contribution in [0.15, 0.2) is 0 Å². The van der Waals surface area contributed by atoms with Gasteiger partial charge in [0.05, 0.1) is 13.2 Å². The summed E-state index contributed by atoms with van der Waals surface area (Å²) in [5.74, 6) is 0.929. The highest BCUT2D eigenvalue weighted by molar-refractivity contribution is 5.82. The predicted molar refractivity (Wildman–Crippen MR) is 79.7 cm³/mol. The van der Waals surface area contributed by atoms with E-state index in [4.69, 9.17) is 4.74 Å². The topological polar surface area (TPSA) is 53.6 Å². The zero-order valence-corrected chi connectivity index (χ0v) is 12.9. The number of hydrogen-bond donors (Lipinski definition) is 2. The molecule has 0 aliphatic carbocycles. The van der Waals surface area contributed by atoms with Crippen LogP contribution < -0.4 is 10.6 Å². The lowest BCUT2D eigenvalue weighted by molar-refractivity contribution is -0.133. The molecule has 5 nitrogen and oxygen atoms in total. The van der Waals surface area contributed by atoms with Crippen LogP contribution in [0.2, 0.25) is 0 Å². The number of morpholine rings is 1. The average Bonchev–Trinajstić information content (AvgIpc) is 2.46. The first-order valence-corrected chi connectivity index (χ1v) is 7.99. The minimum absolute atomic E-state index is 0.104. The zero-order valence-electron chi connectivity index (χ0n) is 12.9. The second-order valence-corrected chi connectivity index (χ2v) is 6.27. The summed E-state index contributed by atoms with van der Waals surface area (Å²) < 4.78 is 5.49. The van der Waals surface area contributed by atoms with E-state index in [2.05, 4.69) is 15.5 Å². The van der Waals surface area contributed by atoms with Gasteiger partial charge in [-0.25, -0.2) is 0 Å². The van der Waals surface area contributed by atoms with Gasteiger partial charge in [0.25, 0.3) is 0 Å².